The third-order valence-corrected chi connectivity index (χ3v) is 2.85. The highest BCUT2D eigenvalue weighted by atomic mass is 16.3. The second kappa shape index (κ2) is 4.52. The highest BCUT2D eigenvalue weighted by molar-refractivity contribution is 6.20. The minimum Gasteiger partial charge on any atom is -0.509 e. The largest absolute Gasteiger partial charge is 0.509 e. The topological polar surface area (TPSA) is 86.6 Å². The number of benzene rings is 1. The first-order valence-corrected chi connectivity index (χ1v) is 5.52. The molecule has 0 spiro atoms. The molecule has 3 N–H and O–H groups in total. The maximum Gasteiger partial charge on any atom is 0.259 e. The van der Waals surface area contributed by atoms with Gasteiger partial charge in [-0.3, -0.25) is 9.59 Å². The highest BCUT2D eigenvalue weighted by Crippen LogP contribution is 2.20. The van der Waals surface area contributed by atoms with E-state index in [2.05, 4.69) is 5.32 Å². The molecule has 1 heterocycles. The number of aromatic hydroxyl groups is 1. The molecule has 1 aromatic rings. The molecule has 0 saturated carbocycles. The predicted molar refractivity (Wildman–Crippen MR) is 64.1 cm³/mol. The van der Waals surface area contributed by atoms with Gasteiger partial charge in [-0.25, -0.2) is 0 Å². The van der Waals surface area contributed by atoms with Crippen molar-refractivity contribution in [2.75, 3.05) is 0 Å². The van der Waals surface area contributed by atoms with Crippen molar-refractivity contribution in [1.29, 1.82) is 0 Å². The number of phenolic OH excluding ortho intramolecular Hbond substituents is 1. The van der Waals surface area contributed by atoms with Gasteiger partial charge in [0.25, 0.3) is 5.91 Å². The summed E-state index contributed by atoms with van der Waals surface area (Å²) in [5, 5.41) is 21.5. The van der Waals surface area contributed by atoms with E-state index in [4.69, 9.17) is 5.11 Å². The minimum absolute atomic E-state index is 0.151. The Labute approximate surface area is 104 Å². The Kier molecular flexibility index (Phi) is 3.06. The Bertz CT molecular complexity index is 530. The number of phenols is 1. The third kappa shape index (κ3) is 2.20. The SMILES string of the molecule is CC(=O)C1=C(O)C(Cc2ccc(O)cc2)NC1=O. The molecule has 2 rings (SSSR count). The van der Waals surface area contributed by atoms with Crippen LogP contribution in [-0.4, -0.2) is 27.9 Å². The summed E-state index contributed by atoms with van der Waals surface area (Å²) >= 11 is 0. The van der Waals surface area contributed by atoms with Crippen LogP contribution in [0.15, 0.2) is 35.6 Å². The van der Waals surface area contributed by atoms with Crippen molar-refractivity contribution in [2.24, 2.45) is 0 Å². The van der Waals surface area contributed by atoms with Crippen LogP contribution in [0.25, 0.3) is 0 Å². The van der Waals surface area contributed by atoms with Gasteiger partial charge in [-0.2, -0.15) is 0 Å². The molecule has 1 atom stereocenters. The summed E-state index contributed by atoms with van der Waals surface area (Å²) in [6.07, 6.45) is 0.370. The first kappa shape index (κ1) is 12.2. The molecule has 0 aromatic heterocycles. The van der Waals surface area contributed by atoms with E-state index >= 15 is 0 Å². The van der Waals surface area contributed by atoms with Crippen LogP contribution in [0.4, 0.5) is 0 Å². The lowest BCUT2D eigenvalue weighted by Crippen LogP contribution is -2.31. The zero-order chi connectivity index (χ0) is 13.3. The average molecular weight is 247 g/mol. The Morgan fingerprint density at radius 1 is 1.28 bits per heavy atom. The molecule has 0 fully saturated rings. The van der Waals surface area contributed by atoms with E-state index in [9.17, 15) is 14.7 Å². The minimum atomic E-state index is -0.582. The Morgan fingerprint density at radius 3 is 2.39 bits per heavy atom. The summed E-state index contributed by atoms with van der Waals surface area (Å²) in [5.41, 5.74) is 0.674. The lowest BCUT2D eigenvalue weighted by atomic mass is 10.0. The van der Waals surface area contributed by atoms with E-state index in [1.165, 1.54) is 19.1 Å². The van der Waals surface area contributed by atoms with Crippen LogP contribution in [0.1, 0.15) is 12.5 Å². The van der Waals surface area contributed by atoms with Gasteiger partial charge >= 0.3 is 0 Å². The third-order valence-electron chi connectivity index (χ3n) is 2.85. The van der Waals surface area contributed by atoms with Crippen LogP contribution in [0.3, 0.4) is 0 Å². The fourth-order valence-electron chi connectivity index (χ4n) is 1.94. The molecule has 0 bridgehead atoms. The molecule has 0 radical (unpaired) electrons. The second-order valence-corrected chi connectivity index (χ2v) is 4.21. The number of rotatable bonds is 3. The van der Waals surface area contributed by atoms with Gasteiger partial charge in [-0.05, 0) is 31.0 Å². The lowest BCUT2D eigenvalue weighted by molar-refractivity contribution is -0.121. The van der Waals surface area contributed by atoms with Crippen LogP contribution in [-0.2, 0) is 16.0 Å². The molecule has 5 nitrogen and oxygen atoms in total. The molecule has 5 heteroatoms. The van der Waals surface area contributed by atoms with E-state index in [-0.39, 0.29) is 17.1 Å². The van der Waals surface area contributed by atoms with Crippen molar-refractivity contribution in [3.05, 3.63) is 41.2 Å². The quantitative estimate of drug-likeness (QED) is 0.690. The van der Waals surface area contributed by atoms with Gasteiger partial charge < -0.3 is 15.5 Å². The number of hydrogen-bond donors (Lipinski definition) is 3. The van der Waals surface area contributed by atoms with Crippen molar-refractivity contribution in [3.63, 3.8) is 0 Å². The summed E-state index contributed by atoms with van der Waals surface area (Å²) in [5.74, 6) is -1.04. The van der Waals surface area contributed by atoms with Crippen molar-refractivity contribution in [1.82, 2.24) is 5.32 Å². The van der Waals surface area contributed by atoms with E-state index in [0.29, 0.717) is 6.42 Å². The Hall–Kier alpha value is -2.30. The molecule has 1 aliphatic rings. The van der Waals surface area contributed by atoms with Gasteiger partial charge in [0.1, 0.15) is 17.1 Å². The van der Waals surface area contributed by atoms with E-state index in [1.807, 2.05) is 0 Å². The zero-order valence-electron chi connectivity index (χ0n) is 9.80. The number of aliphatic hydroxyl groups excluding tert-OH is 1. The molecule has 1 aromatic carbocycles. The standard InChI is InChI=1S/C13H13NO4/c1-7(15)11-12(17)10(14-13(11)18)6-8-2-4-9(16)5-3-8/h2-5,10,16-17H,6H2,1H3,(H,14,18). The number of Topliss-reactive ketones (excluding diaryl/α,β-unsaturated/α-hetero) is 1. The van der Waals surface area contributed by atoms with E-state index in [0.717, 1.165) is 5.56 Å². The predicted octanol–water partition coefficient (Wildman–Crippen LogP) is 0.834. The smallest absolute Gasteiger partial charge is 0.259 e. The molecule has 1 unspecified atom stereocenters. The summed E-state index contributed by atoms with van der Waals surface area (Å²) in [6.45, 7) is 1.24. The van der Waals surface area contributed by atoms with Gasteiger partial charge in [0, 0.05) is 0 Å². The maximum absolute atomic E-state index is 11.5. The van der Waals surface area contributed by atoms with Gasteiger partial charge in [-0.15, -0.1) is 0 Å². The van der Waals surface area contributed by atoms with Crippen molar-refractivity contribution < 1.29 is 19.8 Å². The maximum atomic E-state index is 11.5. The number of amides is 1. The molecule has 1 aliphatic heterocycles. The van der Waals surface area contributed by atoms with E-state index < -0.39 is 17.7 Å². The highest BCUT2D eigenvalue weighted by Gasteiger charge is 2.33. The van der Waals surface area contributed by atoms with Crippen LogP contribution < -0.4 is 5.32 Å². The molecular formula is C13H13NO4. The van der Waals surface area contributed by atoms with Gasteiger partial charge in [0.2, 0.25) is 0 Å². The molecule has 1 amide bonds. The lowest BCUT2D eigenvalue weighted by Gasteiger charge is -2.11. The van der Waals surface area contributed by atoms with Crippen molar-refractivity contribution in [2.45, 2.75) is 19.4 Å². The summed E-state index contributed by atoms with van der Waals surface area (Å²) in [6, 6.07) is 5.86. The van der Waals surface area contributed by atoms with E-state index in [1.54, 1.807) is 12.1 Å². The zero-order valence-corrected chi connectivity index (χ0v) is 9.80. The number of ketones is 1. The molecule has 0 aliphatic carbocycles. The molecule has 18 heavy (non-hydrogen) atoms. The monoisotopic (exact) mass is 247 g/mol. The van der Waals surface area contributed by atoms with Crippen molar-refractivity contribution >= 4 is 11.7 Å². The first-order chi connectivity index (χ1) is 8.49. The number of nitrogens with one attached hydrogen (secondary N) is 1. The number of aliphatic hydroxyl groups is 1. The second-order valence-electron chi connectivity index (χ2n) is 4.21. The normalized spacial score (nSPS) is 18.9. The van der Waals surface area contributed by atoms with Crippen LogP contribution in [0.2, 0.25) is 0 Å². The summed E-state index contributed by atoms with van der Waals surface area (Å²) in [7, 11) is 0. The van der Waals surface area contributed by atoms with Crippen LogP contribution in [0, 0.1) is 0 Å². The Morgan fingerprint density at radius 2 is 1.89 bits per heavy atom. The van der Waals surface area contributed by atoms with Gasteiger partial charge in [0.15, 0.2) is 5.78 Å². The molecule has 0 saturated heterocycles. The molecule has 94 valence electrons. The number of carbonyl (C=O) groups excluding carboxylic acids is 2. The first-order valence-electron chi connectivity index (χ1n) is 5.52. The number of hydrogen-bond acceptors (Lipinski definition) is 4. The summed E-state index contributed by atoms with van der Waals surface area (Å²) in [4.78, 5) is 22.7. The van der Waals surface area contributed by atoms with Gasteiger partial charge in [0.05, 0.1) is 6.04 Å². The molecular weight excluding hydrogens is 234 g/mol. The van der Waals surface area contributed by atoms with Crippen molar-refractivity contribution in [3.8, 4) is 5.75 Å². The van der Waals surface area contributed by atoms with Crippen LogP contribution >= 0.6 is 0 Å². The average Bonchev–Trinajstić information content (AvgIpc) is 2.57. The van der Waals surface area contributed by atoms with Gasteiger partial charge in [-0.1, -0.05) is 12.1 Å². The summed E-state index contributed by atoms with van der Waals surface area (Å²) < 4.78 is 0. The van der Waals surface area contributed by atoms with Crippen LogP contribution in [0.5, 0.6) is 5.75 Å². The Balaban J connectivity index is 2.19. The number of carbonyl (C=O) groups is 2. The fourth-order valence-corrected chi connectivity index (χ4v) is 1.94. The fraction of sp³-hybridized carbons (Fsp3) is 0.231.